The van der Waals surface area contributed by atoms with Crippen molar-refractivity contribution >= 4 is 28.9 Å². The quantitative estimate of drug-likeness (QED) is 0.779. The second-order valence-electron chi connectivity index (χ2n) is 3.98. The van der Waals surface area contributed by atoms with Crippen molar-refractivity contribution in [2.24, 2.45) is 0 Å². The fraction of sp³-hybridized carbons (Fsp3) is 0.500. The molecule has 6 heteroatoms. The fourth-order valence-electron chi connectivity index (χ4n) is 1.63. The van der Waals surface area contributed by atoms with Crippen LogP contribution in [0.4, 0.5) is 14.5 Å². The molecule has 0 aliphatic carbocycles. The maximum absolute atomic E-state index is 12.1. The van der Waals surface area contributed by atoms with Crippen LogP contribution in [0.5, 0.6) is 5.75 Å². The number of hydrogen-bond acceptors (Lipinski definition) is 2. The highest BCUT2D eigenvalue weighted by Crippen LogP contribution is 2.37. The minimum absolute atomic E-state index is 0.0639. The topological polar surface area (TPSA) is 21.3 Å². The van der Waals surface area contributed by atoms with Gasteiger partial charge in [-0.05, 0) is 25.5 Å². The highest BCUT2D eigenvalue weighted by atomic mass is 35.5. The third-order valence-electron chi connectivity index (χ3n) is 2.34. The molecule has 102 valence electrons. The number of ether oxygens (including phenoxy) is 1. The van der Waals surface area contributed by atoms with Gasteiger partial charge >= 0.3 is 6.61 Å². The van der Waals surface area contributed by atoms with Crippen molar-refractivity contribution in [2.75, 3.05) is 5.32 Å². The van der Waals surface area contributed by atoms with Crippen LogP contribution in [-0.2, 0) is 0 Å². The molecule has 1 atom stereocenters. The van der Waals surface area contributed by atoms with Crippen molar-refractivity contribution in [3.8, 4) is 5.75 Å². The molecule has 1 aromatic rings. The van der Waals surface area contributed by atoms with Crippen molar-refractivity contribution in [3.05, 3.63) is 22.2 Å². The summed E-state index contributed by atoms with van der Waals surface area (Å²) >= 11 is 11.7. The van der Waals surface area contributed by atoms with Gasteiger partial charge in [-0.25, -0.2) is 0 Å². The van der Waals surface area contributed by atoms with E-state index >= 15 is 0 Å². The zero-order chi connectivity index (χ0) is 13.7. The molecule has 2 nitrogen and oxygen atoms in total. The first-order valence-corrected chi connectivity index (χ1v) is 6.40. The first kappa shape index (κ1) is 15.3. The van der Waals surface area contributed by atoms with Gasteiger partial charge in [-0.2, -0.15) is 8.78 Å². The Morgan fingerprint density at radius 1 is 1.28 bits per heavy atom. The highest BCUT2D eigenvalue weighted by Gasteiger charge is 2.14. The molecule has 0 aromatic heterocycles. The molecule has 1 unspecified atom stereocenters. The van der Waals surface area contributed by atoms with Crippen molar-refractivity contribution in [1.82, 2.24) is 0 Å². The lowest BCUT2D eigenvalue weighted by atomic mass is 10.2. The molecule has 1 N–H and O–H groups in total. The van der Waals surface area contributed by atoms with Crippen LogP contribution in [0.1, 0.15) is 26.7 Å². The van der Waals surface area contributed by atoms with Crippen molar-refractivity contribution in [3.63, 3.8) is 0 Å². The molecule has 0 radical (unpaired) electrons. The van der Waals surface area contributed by atoms with Crippen LogP contribution in [0, 0.1) is 0 Å². The molecule has 1 rings (SSSR count). The van der Waals surface area contributed by atoms with E-state index in [9.17, 15) is 8.78 Å². The Balaban J connectivity index is 2.85. The van der Waals surface area contributed by atoms with Crippen molar-refractivity contribution < 1.29 is 13.5 Å². The van der Waals surface area contributed by atoms with Gasteiger partial charge < -0.3 is 10.1 Å². The summed E-state index contributed by atoms with van der Waals surface area (Å²) in [6.45, 7) is 1.16. The predicted molar refractivity (Wildman–Crippen MR) is 71.1 cm³/mol. The van der Waals surface area contributed by atoms with Crippen LogP contribution in [0.2, 0.25) is 10.0 Å². The number of nitrogens with one attached hydrogen (secondary N) is 1. The first-order chi connectivity index (χ1) is 8.43. The smallest absolute Gasteiger partial charge is 0.387 e. The van der Waals surface area contributed by atoms with Gasteiger partial charge in [-0.1, -0.05) is 36.5 Å². The molecule has 0 heterocycles. The summed E-state index contributed by atoms with van der Waals surface area (Å²) < 4.78 is 28.5. The molecule has 0 saturated heterocycles. The van der Waals surface area contributed by atoms with Crippen LogP contribution in [0.25, 0.3) is 0 Å². The third kappa shape index (κ3) is 4.50. The Labute approximate surface area is 115 Å². The van der Waals surface area contributed by atoms with Crippen LogP contribution in [-0.4, -0.2) is 12.7 Å². The Bertz CT molecular complexity index is 379. The zero-order valence-corrected chi connectivity index (χ0v) is 11.7. The molecule has 0 saturated carbocycles. The van der Waals surface area contributed by atoms with E-state index in [1.54, 1.807) is 0 Å². The maximum atomic E-state index is 12.1. The van der Waals surface area contributed by atoms with E-state index in [1.165, 1.54) is 12.1 Å². The van der Waals surface area contributed by atoms with Crippen molar-refractivity contribution in [1.29, 1.82) is 0 Å². The standard InChI is InChI=1S/C12H15Cl2F2NO/c1-3-4-7(2)17-8-5-9(13)11(10(14)6-8)18-12(15)16/h5-7,12,17H,3-4H2,1-2H3. The molecule has 0 aliphatic rings. The summed E-state index contributed by atoms with van der Waals surface area (Å²) in [4.78, 5) is 0. The van der Waals surface area contributed by atoms with Gasteiger partial charge in [0.1, 0.15) is 0 Å². The van der Waals surface area contributed by atoms with Gasteiger partial charge in [0.15, 0.2) is 5.75 Å². The highest BCUT2D eigenvalue weighted by molar-refractivity contribution is 6.37. The van der Waals surface area contributed by atoms with E-state index in [-0.39, 0.29) is 21.8 Å². The Hall–Kier alpha value is -0.740. The monoisotopic (exact) mass is 297 g/mol. The molecule has 0 spiro atoms. The van der Waals surface area contributed by atoms with Gasteiger partial charge in [-0.3, -0.25) is 0 Å². The number of benzene rings is 1. The Kier molecular flexibility index (Phi) is 5.96. The molecular weight excluding hydrogens is 283 g/mol. The normalized spacial score (nSPS) is 12.6. The molecule has 1 aromatic carbocycles. The Morgan fingerprint density at radius 2 is 1.83 bits per heavy atom. The molecule has 0 fully saturated rings. The largest absolute Gasteiger partial charge is 0.432 e. The average molecular weight is 298 g/mol. The molecule has 0 amide bonds. The molecule has 18 heavy (non-hydrogen) atoms. The lowest BCUT2D eigenvalue weighted by Crippen LogP contribution is -2.14. The number of halogens is 4. The van der Waals surface area contributed by atoms with Crippen LogP contribution < -0.4 is 10.1 Å². The van der Waals surface area contributed by atoms with Crippen LogP contribution in [0.3, 0.4) is 0 Å². The summed E-state index contributed by atoms with van der Waals surface area (Å²) in [5, 5.41) is 3.32. The Morgan fingerprint density at radius 3 is 2.28 bits per heavy atom. The van der Waals surface area contributed by atoms with Gasteiger partial charge in [0.05, 0.1) is 10.0 Å². The molecule has 0 bridgehead atoms. The number of alkyl halides is 2. The number of hydrogen-bond donors (Lipinski definition) is 1. The van der Waals surface area contributed by atoms with Gasteiger partial charge in [0.25, 0.3) is 0 Å². The zero-order valence-electron chi connectivity index (χ0n) is 10.1. The van der Waals surface area contributed by atoms with Crippen LogP contribution >= 0.6 is 23.2 Å². The van der Waals surface area contributed by atoms with E-state index in [4.69, 9.17) is 23.2 Å². The maximum Gasteiger partial charge on any atom is 0.387 e. The summed E-state index contributed by atoms with van der Waals surface area (Å²) in [5.74, 6) is -0.193. The van der Waals surface area contributed by atoms with E-state index in [1.807, 2.05) is 6.92 Å². The summed E-state index contributed by atoms with van der Waals surface area (Å²) in [6, 6.07) is 3.30. The van der Waals surface area contributed by atoms with E-state index in [2.05, 4.69) is 17.0 Å². The second kappa shape index (κ2) is 7.00. The van der Waals surface area contributed by atoms with Gasteiger partial charge in [0, 0.05) is 11.7 Å². The lowest BCUT2D eigenvalue weighted by molar-refractivity contribution is -0.0497. The van der Waals surface area contributed by atoms with Gasteiger partial charge in [-0.15, -0.1) is 0 Å². The van der Waals surface area contributed by atoms with Crippen molar-refractivity contribution in [2.45, 2.75) is 39.3 Å². The SMILES string of the molecule is CCCC(C)Nc1cc(Cl)c(OC(F)F)c(Cl)c1. The minimum atomic E-state index is -2.95. The van der Waals surface area contributed by atoms with Crippen LogP contribution in [0.15, 0.2) is 12.1 Å². The summed E-state index contributed by atoms with van der Waals surface area (Å²) in [6.07, 6.45) is 2.03. The predicted octanol–water partition coefficient (Wildman–Crippen LogP) is 5.20. The number of anilines is 1. The summed E-state index contributed by atoms with van der Waals surface area (Å²) in [5.41, 5.74) is 0.688. The van der Waals surface area contributed by atoms with E-state index in [0.717, 1.165) is 12.8 Å². The first-order valence-electron chi connectivity index (χ1n) is 5.64. The van der Waals surface area contributed by atoms with Gasteiger partial charge in [0.2, 0.25) is 0 Å². The average Bonchev–Trinajstić information content (AvgIpc) is 2.23. The minimum Gasteiger partial charge on any atom is -0.432 e. The lowest BCUT2D eigenvalue weighted by Gasteiger charge is -2.16. The summed E-state index contributed by atoms with van der Waals surface area (Å²) in [7, 11) is 0. The molecule has 0 aliphatic heterocycles. The van der Waals surface area contributed by atoms with E-state index < -0.39 is 6.61 Å². The molecular formula is C12H15Cl2F2NO. The third-order valence-corrected chi connectivity index (χ3v) is 2.90. The van der Waals surface area contributed by atoms with E-state index in [0.29, 0.717) is 5.69 Å². The fourth-order valence-corrected chi connectivity index (χ4v) is 2.21. The second-order valence-corrected chi connectivity index (χ2v) is 4.80. The number of rotatable bonds is 6.